The zero-order valence-corrected chi connectivity index (χ0v) is 5.91. The van der Waals surface area contributed by atoms with Gasteiger partial charge in [-0.05, 0) is 5.56 Å². The normalized spacial score (nSPS) is 7.56. The number of benzene rings is 1. The van der Waals surface area contributed by atoms with Crippen LogP contribution in [-0.4, -0.2) is 0 Å². The zero-order chi connectivity index (χ0) is 5.82. The monoisotopic (exact) mass is 167 g/mol. The molecule has 1 aromatic rings. The van der Waals surface area contributed by atoms with Gasteiger partial charge in [0.1, 0.15) is 0 Å². The Hall–Kier alpha value is -0.521. The summed E-state index contributed by atoms with van der Waals surface area (Å²) in [6.07, 6.45) is 1.83. The van der Waals surface area contributed by atoms with Crippen molar-refractivity contribution in [1.82, 2.24) is 0 Å². The average molecular weight is 168 g/mol. The second kappa shape index (κ2) is 4.37. The minimum absolute atomic E-state index is 0. The van der Waals surface area contributed by atoms with E-state index < -0.39 is 0 Å². The summed E-state index contributed by atoms with van der Waals surface area (Å²) < 4.78 is 0. The minimum Gasteiger partial charge on any atom is -0.0985 e. The molecule has 0 aliphatic heterocycles. The molecule has 0 bridgehead atoms. The van der Waals surface area contributed by atoms with E-state index in [0.29, 0.717) is 0 Å². The van der Waals surface area contributed by atoms with Crippen LogP contribution in [0.5, 0.6) is 0 Å². The van der Waals surface area contributed by atoms with Gasteiger partial charge in [0.15, 0.2) is 0 Å². The van der Waals surface area contributed by atoms with Gasteiger partial charge in [-0.3, -0.25) is 0 Å². The van der Waals surface area contributed by atoms with Crippen LogP contribution in [0.1, 0.15) is 5.56 Å². The number of hydrogen-bond acceptors (Lipinski definition) is 0. The largest absolute Gasteiger partial charge is 1.00 e. The first kappa shape index (κ1) is 8.48. The molecule has 0 fully saturated rings. The standard InChI is InChI=1S/C8H8.Cu/c1-2-8-6-4-3-5-7-8;/h2-7H,1H2;/q;+1. The van der Waals surface area contributed by atoms with Gasteiger partial charge >= 0.3 is 17.1 Å². The van der Waals surface area contributed by atoms with Gasteiger partial charge in [-0.1, -0.05) is 43.0 Å². The third kappa shape index (κ3) is 2.50. The Morgan fingerprint density at radius 2 is 1.67 bits per heavy atom. The van der Waals surface area contributed by atoms with E-state index in [1.165, 1.54) is 5.56 Å². The van der Waals surface area contributed by atoms with Gasteiger partial charge in [0, 0.05) is 0 Å². The molecule has 0 saturated heterocycles. The molecule has 0 saturated carbocycles. The van der Waals surface area contributed by atoms with E-state index in [0.717, 1.165) is 0 Å². The smallest absolute Gasteiger partial charge is 0.0985 e. The minimum atomic E-state index is 0. The molecule has 0 aliphatic rings. The maximum Gasteiger partial charge on any atom is 1.00 e. The van der Waals surface area contributed by atoms with Crippen molar-refractivity contribution in [2.75, 3.05) is 0 Å². The summed E-state index contributed by atoms with van der Waals surface area (Å²) in [4.78, 5) is 0. The second-order valence-electron chi connectivity index (χ2n) is 1.61. The molecule has 0 nitrogen and oxygen atoms in total. The summed E-state index contributed by atoms with van der Waals surface area (Å²) in [5.41, 5.74) is 1.17. The third-order valence-electron chi connectivity index (χ3n) is 1.04. The average Bonchev–Trinajstić information content (AvgIpc) is 1.90. The van der Waals surface area contributed by atoms with Gasteiger partial charge in [-0.15, -0.1) is 0 Å². The van der Waals surface area contributed by atoms with Crippen molar-refractivity contribution in [3.8, 4) is 0 Å². The fourth-order valence-electron chi connectivity index (χ4n) is 0.589. The van der Waals surface area contributed by atoms with Crippen LogP contribution in [0.15, 0.2) is 36.9 Å². The van der Waals surface area contributed by atoms with Crippen molar-refractivity contribution in [1.29, 1.82) is 0 Å². The van der Waals surface area contributed by atoms with Gasteiger partial charge in [-0.25, -0.2) is 0 Å². The van der Waals surface area contributed by atoms with Gasteiger partial charge in [0.2, 0.25) is 0 Å². The summed E-state index contributed by atoms with van der Waals surface area (Å²) in [7, 11) is 0. The first-order chi connectivity index (χ1) is 3.93. The number of hydrogen-bond donors (Lipinski definition) is 0. The van der Waals surface area contributed by atoms with Gasteiger partial charge < -0.3 is 0 Å². The van der Waals surface area contributed by atoms with Crippen LogP contribution in [0.4, 0.5) is 0 Å². The van der Waals surface area contributed by atoms with E-state index in [2.05, 4.69) is 6.58 Å². The van der Waals surface area contributed by atoms with Crippen LogP contribution < -0.4 is 0 Å². The van der Waals surface area contributed by atoms with Crippen LogP contribution in [0.25, 0.3) is 6.08 Å². The molecule has 0 radical (unpaired) electrons. The Morgan fingerprint density at radius 3 is 2.00 bits per heavy atom. The second-order valence-corrected chi connectivity index (χ2v) is 1.61. The molecule has 0 heterocycles. The quantitative estimate of drug-likeness (QED) is 0.564. The topological polar surface area (TPSA) is 0 Å². The predicted molar refractivity (Wildman–Crippen MR) is 36.5 cm³/mol. The fraction of sp³-hybridized carbons (Fsp3) is 0. The molecular formula is C8H8Cu+. The first-order valence-corrected chi connectivity index (χ1v) is 2.61. The molecule has 0 aromatic heterocycles. The van der Waals surface area contributed by atoms with E-state index in [4.69, 9.17) is 0 Å². The van der Waals surface area contributed by atoms with E-state index in [-0.39, 0.29) is 17.1 Å². The molecule has 1 rings (SSSR count). The van der Waals surface area contributed by atoms with Crippen LogP contribution in [0.3, 0.4) is 0 Å². The van der Waals surface area contributed by atoms with Crippen LogP contribution in [-0.2, 0) is 17.1 Å². The summed E-state index contributed by atoms with van der Waals surface area (Å²) in [5.74, 6) is 0. The van der Waals surface area contributed by atoms with Crippen molar-refractivity contribution >= 4 is 6.08 Å². The van der Waals surface area contributed by atoms with E-state index >= 15 is 0 Å². The fourth-order valence-corrected chi connectivity index (χ4v) is 0.589. The van der Waals surface area contributed by atoms with Crippen molar-refractivity contribution in [3.63, 3.8) is 0 Å². The van der Waals surface area contributed by atoms with Crippen molar-refractivity contribution in [3.05, 3.63) is 42.5 Å². The van der Waals surface area contributed by atoms with E-state index in [1.54, 1.807) is 0 Å². The molecule has 0 N–H and O–H groups in total. The molecule has 0 atom stereocenters. The molecular weight excluding hydrogens is 160 g/mol. The third-order valence-corrected chi connectivity index (χ3v) is 1.04. The van der Waals surface area contributed by atoms with Gasteiger partial charge in [-0.2, -0.15) is 0 Å². The Bertz CT molecular complexity index is 167. The summed E-state index contributed by atoms with van der Waals surface area (Å²) in [5, 5.41) is 0. The maximum atomic E-state index is 3.63. The zero-order valence-electron chi connectivity index (χ0n) is 4.97. The SMILES string of the molecule is C=Cc1ccccc1.[Cu+]. The molecule has 0 spiro atoms. The molecule has 0 aliphatic carbocycles. The van der Waals surface area contributed by atoms with Crippen molar-refractivity contribution < 1.29 is 17.1 Å². The Balaban J connectivity index is 0.000000640. The van der Waals surface area contributed by atoms with E-state index in [9.17, 15) is 0 Å². The summed E-state index contributed by atoms with van der Waals surface area (Å²) in [6.45, 7) is 3.63. The first-order valence-electron chi connectivity index (χ1n) is 2.61. The van der Waals surface area contributed by atoms with Crippen LogP contribution in [0, 0.1) is 0 Å². The molecule has 9 heavy (non-hydrogen) atoms. The van der Waals surface area contributed by atoms with E-state index in [1.807, 2.05) is 36.4 Å². The predicted octanol–water partition coefficient (Wildman–Crippen LogP) is 2.33. The van der Waals surface area contributed by atoms with Gasteiger partial charge in [0.05, 0.1) is 0 Å². The number of rotatable bonds is 1. The Kier molecular flexibility index (Phi) is 4.11. The summed E-state index contributed by atoms with van der Waals surface area (Å²) >= 11 is 0. The molecule has 1 aromatic carbocycles. The summed E-state index contributed by atoms with van der Waals surface area (Å²) in [6, 6.07) is 10.0. The van der Waals surface area contributed by atoms with Crippen LogP contribution in [0.2, 0.25) is 0 Å². The Morgan fingerprint density at radius 1 is 1.11 bits per heavy atom. The van der Waals surface area contributed by atoms with Crippen molar-refractivity contribution in [2.24, 2.45) is 0 Å². The maximum absolute atomic E-state index is 3.63. The van der Waals surface area contributed by atoms with Crippen LogP contribution >= 0.6 is 0 Å². The van der Waals surface area contributed by atoms with Crippen molar-refractivity contribution in [2.45, 2.75) is 0 Å². The molecule has 0 amide bonds. The molecule has 0 unspecified atom stereocenters. The molecule has 50 valence electrons. The van der Waals surface area contributed by atoms with Gasteiger partial charge in [0.25, 0.3) is 0 Å². The Labute approximate surface area is 66.1 Å². The molecule has 1 heteroatoms.